The van der Waals surface area contributed by atoms with Crippen LogP contribution in [-0.2, 0) is 6.42 Å². The van der Waals surface area contributed by atoms with Crippen LogP contribution in [-0.4, -0.2) is 54.0 Å². The number of aliphatic imine (C=N–C) groups is 1. The normalized spacial score (nSPS) is 15.9. The molecule has 0 spiro atoms. The summed E-state index contributed by atoms with van der Waals surface area (Å²) in [7, 11) is 0. The van der Waals surface area contributed by atoms with Crippen LogP contribution in [0.1, 0.15) is 18.6 Å². The Balaban J connectivity index is 1.49. The van der Waals surface area contributed by atoms with Gasteiger partial charge in [0.1, 0.15) is 5.76 Å². The zero-order valence-corrected chi connectivity index (χ0v) is 16.9. The number of guanidine groups is 1. The van der Waals surface area contributed by atoms with Crippen LogP contribution in [0.15, 0.2) is 57.0 Å². The van der Waals surface area contributed by atoms with Gasteiger partial charge in [0.05, 0.1) is 12.4 Å². The fourth-order valence-electron chi connectivity index (χ4n) is 2.93. The fraction of sp³-hybridized carbons (Fsp3) is 0.450. The Morgan fingerprint density at radius 1 is 1.26 bits per heavy atom. The molecule has 1 aliphatic heterocycles. The number of halogens is 1. The molecule has 2 aromatic rings. The Bertz CT molecular complexity index is 699. The maximum atomic E-state index is 9.76. The number of aliphatic hydroxyl groups is 1. The van der Waals surface area contributed by atoms with Gasteiger partial charge in [-0.15, -0.1) is 11.8 Å². The lowest BCUT2D eigenvalue weighted by Gasteiger charge is -2.32. The lowest BCUT2D eigenvalue weighted by Crippen LogP contribution is -2.47. The first-order valence-corrected chi connectivity index (χ1v) is 10.7. The molecule has 2 N–H and O–H groups in total. The predicted molar refractivity (Wildman–Crippen MR) is 112 cm³/mol. The molecule has 146 valence electrons. The first-order valence-electron chi connectivity index (χ1n) is 9.33. The van der Waals surface area contributed by atoms with E-state index in [1.165, 1.54) is 4.90 Å². The molecule has 2 heterocycles. The van der Waals surface area contributed by atoms with Crippen LogP contribution < -0.4 is 5.32 Å². The maximum Gasteiger partial charge on any atom is 0.193 e. The van der Waals surface area contributed by atoms with Gasteiger partial charge in [0.15, 0.2) is 5.96 Å². The van der Waals surface area contributed by atoms with Crippen molar-refractivity contribution in [3.63, 3.8) is 0 Å². The first-order chi connectivity index (χ1) is 13.2. The second-order valence-electron chi connectivity index (χ2n) is 6.48. The molecule has 7 heteroatoms. The maximum absolute atomic E-state index is 9.76. The Morgan fingerprint density at radius 2 is 2.04 bits per heavy atom. The summed E-state index contributed by atoms with van der Waals surface area (Å²) in [5.74, 6) is 2.81. The van der Waals surface area contributed by atoms with Crippen molar-refractivity contribution in [3.8, 4) is 0 Å². The number of piperidine rings is 1. The van der Waals surface area contributed by atoms with E-state index in [0.717, 1.165) is 61.4 Å². The zero-order chi connectivity index (χ0) is 18.9. The van der Waals surface area contributed by atoms with Crippen molar-refractivity contribution in [1.29, 1.82) is 0 Å². The van der Waals surface area contributed by atoms with Crippen LogP contribution in [0.25, 0.3) is 0 Å². The van der Waals surface area contributed by atoms with Crippen LogP contribution in [0.2, 0.25) is 5.02 Å². The minimum atomic E-state index is -0.189. The highest BCUT2D eigenvalue weighted by Gasteiger charge is 2.19. The molecule has 1 aromatic carbocycles. The van der Waals surface area contributed by atoms with Gasteiger partial charge in [0, 0.05) is 48.3 Å². The van der Waals surface area contributed by atoms with Gasteiger partial charge in [-0.1, -0.05) is 11.6 Å². The molecule has 0 radical (unpaired) electrons. The third-order valence-electron chi connectivity index (χ3n) is 4.43. The molecule has 0 aliphatic carbocycles. The average Bonchev–Trinajstić information content (AvgIpc) is 3.19. The second kappa shape index (κ2) is 10.6. The van der Waals surface area contributed by atoms with E-state index in [-0.39, 0.29) is 6.10 Å². The van der Waals surface area contributed by atoms with E-state index in [9.17, 15) is 5.11 Å². The molecule has 1 saturated heterocycles. The van der Waals surface area contributed by atoms with Crippen molar-refractivity contribution >= 4 is 29.3 Å². The summed E-state index contributed by atoms with van der Waals surface area (Å²) >= 11 is 7.72. The monoisotopic (exact) mass is 407 g/mol. The van der Waals surface area contributed by atoms with Crippen molar-refractivity contribution in [2.45, 2.75) is 30.3 Å². The quantitative estimate of drug-likeness (QED) is 0.317. The molecule has 1 aromatic heterocycles. The molecule has 0 unspecified atom stereocenters. The predicted octanol–water partition coefficient (Wildman–Crippen LogP) is 3.67. The fourth-order valence-corrected chi connectivity index (χ4v) is 3.83. The van der Waals surface area contributed by atoms with Gasteiger partial charge in [-0.25, -0.2) is 0 Å². The van der Waals surface area contributed by atoms with Gasteiger partial charge in [0.2, 0.25) is 0 Å². The van der Waals surface area contributed by atoms with Gasteiger partial charge in [-0.2, -0.15) is 0 Å². The van der Waals surface area contributed by atoms with Gasteiger partial charge < -0.3 is 19.7 Å². The molecule has 1 fully saturated rings. The van der Waals surface area contributed by atoms with Crippen molar-refractivity contribution < 1.29 is 9.52 Å². The molecule has 0 saturated carbocycles. The standard InChI is InChI=1S/C20H26ClN3O2S/c21-16-3-5-19(6-4-16)27-15-11-23-20(24-12-8-17(25)9-13-24)22-10-7-18-2-1-14-26-18/h1-6,14,17,25H,7-13,15H2,(H,22,23). The van der Waals surface area contributed by atoms with Crippen molar-refractivity contribution in [1.82, 2.24) is 10.2 Å². The van der Waals surface area contributed by atoms with Crippen LogP contribution in [0.3, 0.4) is 0 Å². The Hall–Kier alpha value is -1.63. The molecule has 0 atom stereocenters. The molecule has 0 amide bonds. The number of hydrogen-bond acceptors (Lipinski definition) is 4. The van der Waals surface area contributed by atoms with Crippen molar-refractivity contribution in [2.24, 2.45) is 4.99 Å². The van der Waals surface area contributed by atoms with Gasteiger partial charge in [-0.3, -0.25) is 4.99 Å². The largest absolute Gasteiger partial charge is 0.469 e. The summed E-state index contributed by atoms with van der Waals surface area (Å²) < 4.78 is 5.38. The molecule has 0 bridgehead atoms. The second-order valence-corrected chi connectivity index (χ2v) is 8.09. The highest BCUT2D eigenvalue weighted by atomic mass is 35.5. The van der Waals surface area contributed by atoms with Crippen LogP contribution in [0, 0.1) is 0 Å². The van der Waals surface area contributed by atoms with E-state index in [0.29, 0.717) is 6.54 Å². The Labute approximate surface area is 169 Å². The number of benzene rings is 1. The number of nitrogens with zero attached hydrogens (tertiary/aromatic N) is 2. The molecular formula is C20H26ClN3O2S. The van der Waals surface area contributed by atoms with Gasteiger partial charge >= 0.3 is 0 Å². The number of likely N-dealkylation sites (tertiary alicyclic amines) is 1. The van der Waals surface area contributed by atoms with E-state index < -0.39 is 0 Å². The van der Waals surface area contributed by atoms with Crippen LogP contribution in [0.5, 0.6) is 0 Å². The first kappa shape index (κ1) is 20.1. The number of rotatable bonds is 7. The summed E-state index contributed by atoms with van der Waals surface area (Å²) in [6.45, 7) is 3.17. The van der Waals surface area contributed by atoms with Gasteiger partial charge in [-0.05, 0) is 49.2 Å². The smallest absolute Gasteiger partial charge is 0.193 e. The Morgan fingerprint density at radius 3 is 2.74 bits per heavy atom. The van der Waals surface area contributed by atoms with Crippen LogP contribution >= 0.6 is 23.4 Å². The van der Waals surface area contributed by atoms with E-state index in [2.05, 4.69) is 10.2 Å². The highest BCUT2D eigenvalue weighted by Crippen LogP contribution is 2.19. The molecule has 27 heavy (non-hydrogen) atoms. The minimum Gasteiger partial charge on any atom is -0.469 e. The minimum absolute atomic E-state index is 0.189. The third kappa shape index (κ3) is 6.79. The number of thioether (sulfide) groups is 1. The SMILES string of the molecule is OC1CCN(C(=NCCc2ccco2)NCCSc2ccc(Cl)cc2)CC1. The summed E-state index contributed by atoms with van der Waals surface area (Å²) in [6.07, 6.45) is 3.87. The molecule has 1 aliphatic rings. The van der Waals surface area contributed by atoms with E-state index >= 15 is 0 Å². The van der Waals surface area contributed by atoms with Crippen molar-refractivity contribution in [3.05, 3.63) is 53.4 Å². The number of hydrogen-bond donors (Lipinski definition) is 2. The summed E-state index contributed by atoms with van der Waals surface area (Å²) in [6, 6.07) is 11.8. The highest BCUT2D eigenvalue weighted by molar-refractivity contribution is 7.99. The summed E-state index contributed by atoms with van der Waals surface area (Å²) in [5.41, 5.74) is 0. The molecule has 3 rings (SSSR count). The van der Waals surface area contributed by atoms with E-state index in [4.69, 9.17) is 21.0 Å². The van der Waals surface area contributed by atoms with E-state index in [1.54, 1.807) is 18.0 Å². The summed E-state index contributed by atoms with van der Waals surface area (Å²) in [5, 5.41) is 14.0. The van der Waals surface area contributed by atoms with E-state index in [1.807, 2.05) is 36.4 Å². The lowest BCUT2D eigenvalue weighted by molar-refractivity contribution is 0.108. The van der Waals surface area contributed by atoms with Gasteiger partial charge in [0.25, 0.3) is 0 Å². The molecule has 5 nitrogen and oxygen atoms in total. The zero-order valence-electron chi connectivity index (χ0n) is 15.3. The topological polar surface area (TPSA) is 61.0 Å². The lowest BCUT2D eigenvalue weighted by atomic mass is 10.1. The van der Waals surface area contributed by atoms with Crippen molar-refractivity contribution in [2.75, 3.05) is 31.9 Å². The number of furan rings is 1. The molecular weight excluding hydrogens is 382 g/mol. The third-order valence-corrected chi connectivity index (χ3v) is 5.70. The van der Waals surface area contributed by atoms with Crippen LogP contribution in [0.4, 0.5) is 0 Å². The number of aliphatic hydroxyl groups excluding tert-OH is 1. The number of nitrogens with one attached hydrogen (secondary N) is 1. The Kier molecular flexibility index (Phi) is 7.93. The summed E-state index contributed by atoms with van der Waals surface area (Å²) in [4.78, 5) is 8.21. The average molecular weight is 408 g/mol.